The molecule has 0 saturated carbocycles. The van der Waals surface area contributed by atoms with Crippen LogP contribution in [0.2, 0.25) is 0 Å². The van der Waals surface area contributed by atoms with E-state index < -0.39 is 0 Å². The average molecular weight is 332 g/mol. The van der Waals surface area contributed by atoms with Crippen LogP contribution in [0.1, 0.15) is 24.8 Å². The molecule has 2 rings (SSSR count). The van der Waals surface area contributed by atoms with Crippen LogP contribution in [0.25, 0.3) is 0 Å². The van der Waals surface area contributed by atoms with Crippen LogP contribution < -0.4 is 5.32 Å². The highest BCUT2D eigenvalue weighted by Crippen LogP contribution is 2.30. The molecule has 0 aliphatic carbocycles. The predicted octanol–water partition coefficient (Wildman–Crippen LogP) is 4.00. The van der Waals surface area contributed by atoms with Gasteiger partial charge in [0.25, 0.3) is 0 Å². The lowest BCUT2D eigenvalue weighted by molar-refractivity contribution is 0.494. The maximum Gasteiger partial charge on any atom is 0.124 e. The summed E-state index contributed by atoms with van der Waals surface area (Å²) < 4.78 is 14.0. The SMILES string of the molecule is CNC(Cc1ccc(F)cc1Br)C1CCCCS1. The molecule has 18 heavy (non-hydrogen) atoms. The summed E-state index contributed by atoms with van der Waals surface area (Å²) in [7, 11) is 2.03. The van der Waals surface area contributed by atoms with Gasteiger partial charge >= 0.3 is 0 Å². The predicted molar refractivity (Wildman–Crippen MR) is 80.7 cm³/mol. The van der Waals surface area contributed by atoms with Crippen LogP contribution >= 0.6 is 27.7 Å². The van der Waals surface area contributed by atoms with E-state index in [1.54, 1.807) is 12.1 Å². The minimum Gasteiger partial charge on any atom is -0.316 e. The smallest absolute Gasteiger partial charge is 0.124 e. The summed E-state index contributed by atoms with van der Waals surface area (Å²) in [6, 6.07) is 5.45. The van der Waals surface area contributed by atoms with Crippen LogP contribution in [0.3, 0.4) is 0 Å². The molecule has 4 heteroatoms. The lowest BCUT2D eigenvalue weighted by Crippen LogP contribution is -2.39. The lowest BCUT2D eigenvalue weighted by Gasteiger charge is -2.30. The molecule has 0 spiro atoms. The Balaban J connectivity index is 2.04. The summed E-state index contributed by atoms with van der Waals surface area (Å²) >= 11 is 5.53. The molecule has 1 aliphatic rings. The molecule has 0 amide bonds. The van der Waals surface area contributed by atoms with E-state index >= 15 is 0 Å². The Morgan fingerprint density at radius 1 is 1.50 bits per heavy atom. The van der Waals surface area contributed by atoms with Crippen molar-refractivity contribution in [2.75, 3.05) is 12.8 Å². The second-order valence-electron chi connectivity index (χ2n) is 4.74. The molecule has 2 unspecified atom stereocenters. The average Bonchev–Trinajstić information content (AvgIpc) is 2.39. The number of halogens is 2. The highest BCUT2D eigenvalue weighted by molar-refractivity contribution is 9.10. The Morgan fingerprint density at radius 2 is 2.33 bits per heavy atom. The van der Waals surface area contributed by atoms with Crippen molar-refractivity contribution in [2.24, 2.45) is 0 Å². The zero-order chi connectivity index (χ0) is 13.0. The van der Waals surface area contributed by atoms with Gasteiger partial charge in [0.2, 0.25) is 0 Å². The topological polar surface area (TPSA) is 12.0 Å². The minimum atomic E-state index is -0.182. The molecule has 1 aromatic rings. The first-order valence-electron chi connectivity index (χ1n) is 6.43. The molecule has 1 heterocycles. The molecular formula is C14H19BrFNS. The van der Waals surface area contributed by atoms with Crippen LogP contribution in [0.15, 0.2) is 22.7 Å². The first kappa shape index (κ1) is 14.4. The fourth-order valence-corrected chi connectivity index (χ4v) is 4.41. The van der Waals surface area contributed by atoms with E-state index in [9.17, 15) is 4.39 Å². The van der Waals surface area contributed by atoms with Gasteiger partial charge in [0.1, 0.15) is 5.82 Å². The zero-order valence-corrected chi connectivity index (χ0v) is 13.0. The van der Waals surface area contributed by atoms with E-state index in [4.69, 9.17) is 0 Å². The second-order valence-corrected chi connectivity index (χ2v) is 6.94. The van der Waals surface area contributed by atoms with Gasteiger partial charge in [-0.25, -0.2) is 4.39 Å². The molecule has 1 nitrogen and oxygen atoms in total. The maximum atomic E-state index is 13.1. The van der Waals surface area contributed by atoms with Crippen molar-refractivity contribution in [1.29, 1.82) is 0 Å². The number of benzene rings is 1. The van der Waals surface area contributed by atoms with Crippen LogP contribution in [0.4, 0.5) is 4.39 Å². The van der Waals surface area contributed by atoms with Crippen LogP contribution in [-0.4, -0.2) is 24.1 Å². The fraction of sp³-hybridized carbons (Fsp3) is 0.571. The van der Waals surface area contributed by atoms with Gasteiger partial charge in [0.05, 0.1) is 0 Å². The van der Waals surface area contributed by atoms with E-state index in [1.165, 1.54) is 30.6 Å². The van der Waals surface area contributed by atoms with E-state index in [0.29, 0.717) is 11.3 Å². The van der Waals surface area contributed by atoms with Gasteiger partial charge in [-0.2, -0.15) is 11.8 Å². The third-order valence-electron chi connectivity index (χ3n) is 3.49. The Bertz CT molecular complexity index is 393. The summed E-state index contributed by atoms with van der Waals surface area (Å²) in [4.78, 5) is 0. The van der Waals surface area contributed by atoms with Crippen molar-refractivity contribution < 1.29 is 4.39 Å². The van der Waals surface area contributed by atoms with E-state index in [2.05, 4.69) is 33.0 Å². The molecule has 0 radical (unpaired) electrons. The van der Waals surface area contributed by atoms with E-state index in [-0.39, 0.29) is 5.82 Å². The standard InChI is InChI=1S/C14H19BrFNS/c1-17-13(14-4-2-3-7-18-14)8-10-5-6-11(16)9-12(10)15/h5-6,9,13-14,17H,2-4,7-8H2,1H3. The molecule has 1 aromatic carbocycles. The molecule has 1 N–H and O–H groups in total. The summed E-state index contributed by atoms with van der Waals surface area (Å²) in [5.41, 5.74) is 1.18. The first-order chi connectivity index (χ1) is 8.70. The van der Waals surface area contributed by atoms with Crippen LogP contribution in [0, 0.1) is 5.82 Å². The van der Waals surface area contributed by atoms with Gasteiger partial charge in [0.15, 0.2) is 0 Å². The quantitative estimate of drug-likeness (QED) is 0.894. The molecule has 1 saturated heterocycles. The van der Waals surface area contributed by atoms with Crippen molar-refractivity contribution in [2.45, 2.75) is 37.0 Å². The van der Waals surface area contributed by atoms with E-state index in [0.717, 1.165) is 10.9 Å². The van der Waals surface area contributed by atoms with Gasteiger partial charge < -0.3 is 5.32 Å². The Hall–Kier alpha value is -0.0600. The van der Waals surface area contributed by atoms with Crippen molar-refractivity contribution in [3.8, 4) is 0 Å². The molecule has 1 aliphatic heterocycles. The largest absolute Gasteiger partial charge is 0.316 e. The summed E-state index contributed by atoms with van der Waals surface area (Å²) in [6.07, 6.45) is 4.92. The normalized spacial score (nSPS) is 21.8. The zero-order valence-electron chi connectivity index (χ0n) is 10.6. The minimum absolute atomic E-state index is 0.182. The number of hydrogen-bond acceptors (Lipinski definition) is 2. The maximum absolute atomic E-state index is 13.1. The van der Waals surface area contributed by atoms with Gasteiger partial charge in [-0.05, 0) is 49.8 Å². The molecule has 0 bridgehead atoms. The number of thioether (sulfide) groups is 1. The molecule has 100 valence electrons. The van der Waals surface area contributed by atoms with Crippen LogP contribution in [0.5, 0.6) is 0 Å². The van der Waals surface area contributed by atoms with Crippen LogP contribution in [-0.2, 0) is 6.42 Å². The fourth-order valence-electron chi connectivity index (χ4n) is 2.43. The van der Waals surface area contributed by atoms with Crippen molar-refractivity contribution in [1.82, 2.24) is 5.32 Å². The highest BCUT2D eigenvalue weighted by Gasteiger charge is 2.23. The highest BCUT2D eigenvalue weighted by atomic mass is 79.9. The Labute approximate surface area is 121 Å². The number of hydrogen-bond donors (Lipinski definition) is 1. The summed E-state index contributed by atoms with van der Waals surface area (Å²) in [5.74, 6) is 1.09. The van der Waals surface area contributed by atoms with Gasteiger partial charge in [-0.3, -0.25) is 0 Å². The Morgan fingerprint density at radius 3 is 2.94 bits per heavy atom. The molecule has 2 atom stereocenters. The first-order valence-corrected chi connectivity index (χ1v) is 8.27. The van der Waals surface area contributed by atoms with Gasteiger partial charge in [-0.1, -0.05) is 28.4 Å². The molecule has 0 aromatic heterocycles. The number of rotatable bonds is 4. The molecular weight excluding hydrogens is 313 g/mol. The van der Waals surface area contributed by atoms with Gasteiger partial charge in [-0.15, -0.1) is 0 Å². The summed E-state index contributed by atoms with van der Waals surface area (Å²) in [5, 5.41) is 4.11. The Kier molecular flexibility index (Phi) is 5.52. The lowest BCUT2D eigenvalue weighted by atomic mass is 9.99. The second kappa shape index (κ2) is 6.92. The van der Waals surface area contributed by atoms with E-state index in [1.807, 2.05) is 13.1 Å². The number of likely N-dealkylation sites (N-methyl/N-ethyl adjacent to an activating group) is 1. The molecule has 1 fully saturated rings. The number of nitrogens with one attached hydrogen (secondary N) is 1. The van der Waals surface area contributed by atoms with Crippen molar-refractivity contribution >= 4 is 27.7 Å². The van der Waals surface area contributed by atoms with Crippen molar-refractivity contribution in [3.63, 3.8) is 0 Å². The van der Waals surface area contributed by atoms with Gasteiger partial charge in [0, 0.05) is 15.8 Å². The monoisotopic (exact) mass is 331 g/mol. The third kappa shape index (κ3) is 3.72. The third-order valence-corrected chi connectivity index (χ3v) is 5.74. The summed E-state index contributed by atoms with van der Waals surface area (Å²) in [6.45, 7) is 0. The van der Waals surface area contributed by atoms with Crippen molar-refractivity contribution in [3.05, 3.63) is 34.1 Å².